The van der Waals surface area contributed by atoms with Gasteiger partial charge in [0.15, 0.2) is 0 Å². The average molecular weight is 395 g/mol. The van der Waals surface area contributed by atoms with Crippen LogP contribution in [0.15, 0.2) is 21.8 Å². The number of carbonyl (C=O) groups is 2. The smallest absolute Gasteiger partial charge is 0.277 e. The summed E-state index contributed by atoms with van der Waals surface area (Å²) in [6, 6.07) is 3.86. The number of hydrogen-bond acceptors (Lipinski definition) is 7. The van der Waals surface area contributed by atoms with E-state index < -0.39 is 0 Å². The van der Waals surface area contributed by atoms with Crippen molar-refractivity contribution in [3.63, 3.8) is 0 Å². The first kappa shape index (κ1) is 18.9. The lowest BCUT2D eigenvalue weighted by atomic mass is 10.2. The Bertz CT molecular complexity index is 774. The number of amides is 2. The molecule has 3 heterocycles. The Morgan fingerprint density at radius 1 is 1.42 bits per heavy atom. The molecule has 0 aromatic carbocycles. The number of nitrogens with one attached hydrogen (secondary N) is 1. The molecule has 0 radical (unpaired) electrons. The molecule has 1 atom stereocenters. The van der Waals surface area contributed by atoms with Gasteiger partial charge < -0.3 is 14.6 Å². The van der Waals surface area contributed by atoms with Gasteiger partial charge in [-0.3, -0.25) is 9.59 Å². The predicted molar refractivity (Wildman–Crippen MR) is 100 cm³/mol. The van der Waals surface area contributed by atoms with Gasteiger partial charge in [0.1, 0.15) is 0 Å². The highest BCUT2D eigenvalue weighted by Crippen LogP contribution is 2.36. The van der Waals surface area contributed by atoms with E-state index in [1.807, 2.05) is 24.0 Å². The average Bonchev–Trinajstić information content (AvgIpc) is 3.36. The Labute approximate surface area is 160 Å². The molecule has 1 unspecified atom stereocenters. The minimum atomic E-state index is -0.0405. The van der Waals surface area contributed by atoms with E-state index >= 15 is 0 Å². The molecule has 1 fully saturated rings. The van der Waals surface area contributed by atoms with Gasteiger partial charge in [0, 0.05) is 24.9 Å². The third kappa shape index (κ3) is 4.45. The Kier molecular flexibility index (Phi) is 6.31. The standard InChI is InChI=1S/C17H22N4O3S2/c1-3-8-18-16(23)14-7-6-13(26-14)12-5-4-9-21(12)15(22)10-25-17-20-19-11(2)24-17/h6-7,12H,3-5,8-10H2,1-2H3,(H,18,23). The largest absolute Gasteiger partial charge is 0.416 e. The van der Waals surface area contributed by atoms with Gasteiger partial charge in [0.05, 0.1) is 16.7 Å². The Balaban J connectivity index is 1.61. The van der Waals surface area contributed by atoms with E-state index in [9.17, 15) is 9.59 Å². The van der Waals surface area contributed by atoms with E-state index in [0.29, 0.717) is 22.5 Å². The number of rotatable bonds is 7. The van der Waals surface area contributed by atoms with Gasteiger partial charge in [-0.2, -0.15) is 0 Å². The monoisotopic (exact) mass is 394 g/mol. The number of hydrogen-bond donors (Lipinski definition) is 1. The molecule has 26 heavy (non-hydrogen) atoms. The highest BCUT2D eigenvalue weighted by Gasteiger charge is 2.31. The molecule has 2 aromatic rings. The minimum absolute atomic E-state index is 0.0405. The Morgan fingerprint density at radius 2 is 2.27 bits per heavy atom. The number of likely N-dealkylation sites (tertiary alicyclic amines) is 1. The number of aryl methyl sites for hydroxylation is 1. The lowest BCUT2D eigenvalue weighted by molar-refractivity contribution is -0.129. The van der Waals surface area contributed by atoms with Crippen molar-refractivity contribution in [2.75, 3.05) is 18.8 Å². The van der Waals surface area contributed by atoms with Crippen LogP contribution in [0.5, 0.6) is 0 Å². The summed E-state index contributed by atoms with van der Waals surface area (Å²) in [6.45, 7) is 5.16. The van der Waals surface area contributed by atoms with Crippen molar-refractivity contribution >= 4 is 34.9 Å². The van der Waals surface area contributed by atoms with Crippen LogP contribution in [0.25, 0.3) is 0 Å². The first-order valence-electron chi connectivity index (χ1n) is 8.68. The van der Waals surface area contributed by atoms with E-state index in [2.05, 4.69) is 15.5 Å². The van der Waals surface area contributed by atoms with E-state index in [4.69, 9.17) is 4.42 Å². The molecule has 0 spiro atoms. The summed E-state index contributed by atoms with van der Waals surface area (Å²) in [7, 11) is 0. The third-order valence-electron chi connectivity index (χ3n) is 4.11. The first-order valence-corrected chi connectivity index (χ1v) is 10.5. The van der Waals surface area contributed by atoms with Crippen LogP contribution in [0.1, 0.15) is 52.7 Å². The summed E-state index contributed by atoms with van der Waals surface area (Å²) in [5, 5.41) is 11.0. The van der Waals surface area contributed by atoms with Crippen molar-refractivity contribution in [2.45, 2.75) is 44.4 Å². The fourth-order valence-electron chi connectivity index (χ4n) is 2.88. The van der Waals surface area contributed by atoms with Gasteiger partial charge in [0.2, 0.25) is 11.8 Å². The van der Waals surface area contributed by atoms with Crippen molar-refractivity contribution in [3.8, 4) is 0 Å². The summed E-state index contributed by atoms with van der Waals surface area (Å²) in [5.41, 5.74) is 0. The topological polar surface area (TPSA) is 88.3 Å². The second kappa shape index (κ2) is 8.68. The molecule has 1 N–H and O–H groups in total. The van der Waals surface area contributed by atoms with Crippen molar-refractivity contribution in [1.82, 2.24) is 20.4 Å². The Hall–Kier alpha value is -1.87. The van der Waals surface area contributed by atoms with Crippen LogP contribution in [0.4, 0.5) is 0 Å². The van der Waals surface area contributed by atoms with Crippen molar-refractivity contribution < 1.29 is 14.0 Å². The zero-order chi connectivity index (χ0) is 18.5. The molecule has 0 saturated carbocycles. The maximum Gasteiger partial charge on any atom is 0.277 e. The molecular weight excluding hydrogens is 372 g/mol. The minimum Gasteiger partial charge on any atom is -0.416 e. The number of aromatic nitrogens is 2. The van der Waals surface area contributed by atoms with Crippen LogP contribution in [0, 0.1) is 6.92 Å². The molecular formula is C17H22N4O3S2. The molecule has 1 aliphatic heterocycles. The quantitative estimate of drug-likeness (QED) is 0.726. The molecule has 2 amide bonds. The van der Waals surface area contributed by atoms with Gasteiger partial charge in [-0.1, -0.05) is 18.7 Å². The molecule has 140 valence electrons. The van der Waals surface area contributed by atoms with Gasteiger partial charge in [-0.25, -0.2) is 0 Å². The molecule has 0 bridgehead atoms. The van der Waals surface area contributed by atoms with Gasteiger partial charge in [-0.05, 0) is 31.4 Å². The van der Waals surface area contributed by atoms with Crippen LogP contribution in [0.2, 0.25) is 0 Å². The summed E-state index contributed by atoms with van der Waals surface area (Å²) in [5.74, 6) is 0.777. The zero-order valence-corrected chi connectivity index (χ0v) is 16.5. The SMILES string of the molecule is CCCNC(=O)c1ccc(C2CCCN2C(=O)CSc2nnc(C)o2)s1. The predicted octanol–water partition coefficient (Wildman–Crippen LogP) is 3.04. The van der Waals surface area contributed by atoms with Gasteiger partial charge in [-0.15, -0.1) is 21.5 Å². The van der Waals surface area contributed by atoms with Crippen LogP contribution in [0.3, 0.4) is 0 Å². The van der Waals surface area contributed by atoms with Crippen LogP contribution in [-0.2, 0) is 4.79 Å². The summed E-state index contributed by atoms with van der Waals surface area (Å²) in [6.07, 6.45) is 2.80. The molecule has 9 heteroatoms. The highest BCUT2D eigenvalue weighted by atomic mass is 32.2. The lowest BCUT2D eigenvalue weighted by Crippen LogP contribution is -2.31. The second-order valence-electron chi connectivity index (χ2n) is 6.08. The number of carbonyl (C=O) groups excluding carboxylic acids is 2. The maximum atomic E-state index is 12.6. The van der Waals surface area contributed by atoms with Crippen molar-refractivity contribution in [2.24, 2.45) is 0 Å². The van der Waals surface area contributed by atoms with Crippen LogP contribution in [-0.4, -0.2) is 45.8 Å². The molecule has 3 rings (SSSR count). The number of thioether (sulfide) groups is 1. The number of thiophene rings is 1. The van der Waals surface area contributed by atoms with E-state index in [1.165, 1.54) is 23.1 Å². The van der Waals surface area contributed by atoms with Crippen molar-refractivity contribution in [3.05, 3.63) is 27.8 Å². The van der Waals surface area contributed by atoms with Gasteiger partial charge >= 0.3 is 0 Å². The first-order chi connectivity index (χ1) is 12.6. The summed E-state index contributed by atoms with van der Waals surface area (Å²) < 4.78 is 5.30. The summed E-state index contributed by atoms with van der Waals surface area (Å²) in [4.78, 5) is 28.4. The molecule has 1 saturated heterocycles. The van der Waals surface area contributed by atoms with Crippen LogP contribution < -0.4 is 5.32 Å². The molecule has 1 aliphatic rings. The molecule has 0 aliphatic carbocycles. The fraction of sp³-hybridized carbons (Fsp3) is 0.529. The van der Waals surface area contributed by atoms with Crippen LogP contribution >= 0.6 is 23.1 Å². The molecule has 7 nitrogen and oxygen atoms in total. The van der Waals surface area contributed by atoms with Crippen molar-refractivity contribution in [1.29, 1.82) is 0 Å². The highest BCUT2D eigenvalue weighted by molar-refractivity contribution is 7.99. The molecule has 2 aromatic heterocycles. The fourth-order valence-corrected chi connectivity index (χ4v) is 4.65. The van der Waals surface area contributed by atoms with E-state index in [1.54, 1.807) is 6.92 Å². The van der Waals surface area contributed by atoms with E-state index in [0.717, 1.165) is 30.7 Å². The van der Waals surface area contributed by atoms with E-state index in [-0.39, 0.29) is 23.6 Å². The Morgan fingerprint density at radius 3 is 3.00 bits per heavy atom. The number of nitrogens with zero attached hydrogens (tertiary/aromatic N) is 3. The third-order valence-corrected chi connectivity index (χ3v) is 6.10. The van der Waals surface area contributed by atoms with Gasteiger partial charge in [0.25, 0.3) is 11.1 Å². The summed E-state index contributed by atoms with van der Waals surface area (Å²) >= 11 is 2.73. The lowest BCUT2D eigenvalue weighted by Gasteiger charge is -2.23. The normalized spacial score (nSPS) is 16.8. The maximum absolute atomic E-state index is 12.6. The second-order valence-corrected chi connectivity index (χ2v) is 8.12. The zero-order valence-electron chi connectivity index (χ0n) is 14.9.